The Hall–Kier alpha value is -1.51. The molecule has 116 valence electrons. The average molecular weight is 288 g/mol. The van der Waals surface area contributed by atoms with Gasteiger partial charge in [0.05, 0.1) is 0 Å². The lowest BCUT2D eigenvalue weighted by molar-refractivity contribution is -0.118. The molecule has 0 bridgehead atoms. The van der Waals surface area contributed by atoms with Crippen molar-refractivity contribution < 1.29 is 4.79 Å². The van der Waals surface area contributed by atoms with Crippen LogP contribution in [0.5, 0.6) is 0 Å². The van der Waals surface area contributed by atoms with Gasteiger partial charge in [0.15, 0.2) is 0 Å². The largest absolute Gasteiger partial charge is 0.382 e. The Balaban J connectivity index is 1.97. The number of rotatable bonds is 4. The molecule has 1 aliphatic carbocycles. The van der Waals surface area contributed by atoms with Crippen LogP contribution < -0.4 is 10.6 Å². The van der Waals surface area contributed by atoms with Crippen LogP contribution >= 0.6 is 0 Å². The molecule has 1 fully saturated rings. The molecular formula is C18H28N2O. The van der Waals surface area contributed by atoms with Gasteiger partial charge in [-0.15, -0.1) is 0 Å². The van der Waals surface area contributed by atoms with Gasteiger partial charge in [-0.2, -0.15) is 0 Å². The molecule has 2 rings (SSSR count). The highest BCUT2D eigenvalue weighted by Crippen LogP contribution is 2.37. The normalized spacial score (nSPS) is 21.1. The number of hydrogen-bond acceptors (Lipinski definition) is 2. The summed E-state index contributed by atoms with van der Waals surface area (Å²) in [5, 5.41) is 6.58. The topological polar surface area (TPSA) is 41.1 Å². The Bertz CT molecular complexity index is 476. The van der Waals surface area contributed by atoms with Crippen molar-refractivity contribution in [3.8, 4) is 0 Å². The van der Waals surface area contributed by atoms with Crippen LogP contribution in [0.4, 0.5) is 11.4 Å². The summed E-state index contributed by atoms with van der Waals surface area (Å²) in [5.74, 6) is 0.0648. The zero-order chi connectivity index (χ0) is 15.5. The summed E-state index contributed by atoms with van der Waals surface area (Å²) >= 11 is 0. The minimum atomic E-state index is 0.00541. The number of carbonyl (C=O) groups is 1. The van der Waals surface area contributed by atoms with Crippen molar-refractivity contribution in [2.45, 2.75) is 59.4 Å². The summed E-state index contributed by atoms with van der Waals surface area (Å²) in [7, 11) is 0. The maximum Gasteiger partial charge on any atom is 0.226 e. The fourth-order valence-corrected chi connectivity index (χ4v) is 2.90. The van der Waals surface area contributed by atoms with E-state index in [9.17, 15) is 4.79 Å². The van der Waals surface area contributed by atoms with Crippen LogP contribution in [0.15, 0.2) is 24.3 Å². The van der Waals surface area contributed by atoms with E-state index in [1.807, 2.05) is 26.0 Å². The van der Waals surface area contributed by atoms with E-state index in [4.69, 9.17) is 0 Å². The molecule has 1 aromatic carbocycles. The minimum Gasteiger partial charge on any atom is -0.382 e. The zero-order valence-corrected chi connectivity index (χ0v) is 13.7. The smallest absolute Gasteiger partial charge is 0.226 e. The molecule has 0 aromatic heterocycles. The molecule has 0 spiro atoms. The number of hydrogen-bond donors (Lipinski definition) is 2. The van der Waals surface area contributed by atoms with E-state index in [2.05, 4.69) is 36.6 Å². The number of amides is 1. The molecule has 0 radical (unpaired) electrons. The van der Waals surface area contributed by atoms with Gasteiger partial charge >= 0.3 is 0 Å². The first-order valence-electron chi connectivity index (χ1n) is 8.06. The summed E-state index contributed by atoms with van der Waals surface area (Å²) < 4.78 is 0. The van der Waals surface area contributed by atoms with Crippen LogP contribution in [0.1, 0.15) is 53.4 Å². The summed E-state index contributed by atoms with van der Waals surface area (Å²) in [6.07, 6.45) is 5.17. The SMILES string of the molecule is CC(C)C(=O)Nc1ccc(NC2CCCCC2(C)C)cc1. The first kappa shape index (κ1) is 15.9. The maximum atomic E-state index is 11.7. The molecule has 1 aliphatic rings. The number of carbonyl (C=O) groups excluding carboxylic acids is 1. The summed E-state index contributed by atoms with van der Waals surface area (Å²) in [6, 6.07) is 8.58. The Kier molecular flexibility index (Phi) is 4.92. The number of benzene rings is 1. The second-order valence-corrected chi connectivity index (χ2v) is 7.15. The van der Waals surface area contributed by atoms with Crippen LogP contribution in [-0.2, 0) is 4.79 Å². The minimum absolute atomic E-state index is 0.00541. The van der Waals surface area contributed by atoms with E-state index in [1.165, 1.54) is 25.7 Å². The predicted octanol–water partition coefficient (Wildman–Crippen LogP) is 4.66. The van der Waals surface area contributed by atoms with Gasteiger partial charge in [0, 0.05) is 23.3 Å². The molecule has 3 heteroatoms. The lowest BCUT2D eigenvalue weighted by atomic mass is 9.73. The van der Waals surface area contributed by atoms with Gasteiger partial charge in [-0.05, 0) is 42.5 Å². The first-order valence-corrected chi connectivity index (χ1v) is 8.06. The Labute approximate surface area is 128 Å². The van der Waals surface area contributed by atoms with Gasteiger partial charge in [-0.1, -0.05) is 40.5 Å². The fourth-order valence-electron chi connectivity index (χ4n) is 2.90. The molecule has 0 aliphatic heterocycles. The molecule has 3 nitrogen and oxygen atoms in total. The molecule has 0 saturated heterocycles. The third-order valence-corrected chi connectivity index (χ3v) is 4.52. The van der Waals surface area contributed by atoms with Crippen LogP contribution in [0.2, 0.25) is 0 Å². The van der Waals surface area contributed by atoms with Crippen molar-refractivity contribution in [3.63, 3.8) is 0 Å². The fraction of sp³-hybridized carbons (Fsp3) is 0.611. The molecule has 2 N–H and O–H groups in total. The molecule has 1 unspecified atom stereocenters. The van der Waals surface area contributed by atoms with Crippen LogP contribution in [0.25, 0.3) is 0 Å². The lowest BCUT2D eigenvalue weighted by Gasteiger charge is -2.39. The van der Waals surface area contributed by atoms with Crippen molar-refractivity contribution in [3.05, 3.63) is 24.3 Å². The van der Waals surface area contributed by atoms with Crippen molar-refractivity contribution >= 4 is 17.3 Å². The van der Waals surface area contributed by atoms with E-state index in [0.717, 1.165) is 11.4 Å². The van der Waals surface area contributed by atoms with Crippen LogP contribution in [0, 0.1) is 11.3 Å². The molecule has 1 saturated carbocycles. The second kappa shape index (κ2) is 6.50. The van der Waals surface area contributed by atoms with Gasteiger partial charge in [0.2, 0.25) is 5.91 Å². The van der Waals surface area contributed by atoms with E-state index in [1.54, 1.807) is 0 Å². The lowest BCUT2D eigenvalue weighted by Crippen LogP contribution is -2.38. The summed E-state index contributed by atoms with van der Waals surface area (Å²) in [5.41, 5.74) is 2.35. The quantitative estimate of drug-likeness (QED) is 0.846. The third kappa shape index (κ3) is 4.23. The van der Waals surface area contributed by atoms with Gasteiger partial charge in [-0.3, -0.25) is 4.79 Å². The average Bonchev–Trinajstić information content (AvgIpc) is 2.43. The Morgan fingerprint density at radius 3 is 2.33 bits per heavy atom. The van der Waals surface area contributed by atoms with E-state index in [-0.39, 0.29) is 11.8 Å². The highest BCUT2D eigenvalue weighted by atomic mass is 16.1. The molecule has 1 amide bonds. The van der Waals surface area contributed by atoms with E-state index >= 15 is 0 Å². The highest BCUT2D eigenvalue weighted by molar-refractivity contribution is 5.92. The van der Waals surface area contributed by atoms with Crippen molar-refractivity contribution in [2.75, 3.05) is 10.6 Å². The van der Waals surface area contributed by atoms with Crippen molar-refractivity contribution in [1.82, 2.24) is 0 Å². The van der Waals surface area contributed by atoms with Crippen LogP contribution in [0.3, 0.4) is 0 Å². The summed E-state index contributed by atoms with van der Waals surface area (Å²) in [4.78, 5) is 11.7. The summed E-state index contributed by atoms with van der Waals surface area (Å²) in [6.45, 7) is 8.49. The van der Waals surface area contributed by atoms with Gasteiger partial charge < -0.3 is 10.6 Å². The number of nitrogens with one attached hydrogen (secondary N) is 2. The highest BCUT2D eigenvalue weighted by Gasteiger charge is 2.31. The van der Waals surface area contributed by atoms with E-state index in [0.29, 0.717) is 11.5 Å². The van der Waals surface area contributed by atoms with Crippen molar-refractivity contribution in [1.29, 1.82) is 0 Å². The first-order chi connectivity index (χ1) is 9.88. The predicted molar refractivity (Wildman–Crippen MR) is 89.6 cm³/mol. The Morgan fingerprint density at radius 1 is 1.14 bits per heavy atom. The molecule has 1 aromatic rings. The second-order valence-electron chi connectivity index (χ2n) is 7.15. The van der Waals surface area contributed by atoms with Crippen molar-refractivity contribution in [2.24, 2.45) is 11.3 Å². The standard InChI is InChI=1S/C18H28N2O/c1-13(2)17(21)20-15-10-8-14(9-11-15)19-16-7-5-6-12-18(16,3)4/h8-11,13,16,19H,5-7,12H2,1-4H3,(H,20,21). The molecule has 21 heavy (non-hydrogen) atoms. The molecule has 0 heterocycles. The monoisotopic (exact) mass is 288 g/mol. The Morgan fingerprint density at radius 2 is 1.76 bits per heavy atom. The van der Waals surface area contributed by atoms with Gasteiger partial charge in [-0.25, -0.2) is 0 Å². The maximum absolute atomic E-state index is 11.7. The molecular weight excluding hydrogens is 260 g/mol. The number of anilines is 2. The van der Waals surface area contributed by atoms with Gasteiger partial charge in [0.1, 0.15) is 0 Å². The van der Waals surface area contributed by atoms with Gasteiger partial charge in [0.25, 0.3) is 0 Å². The zero-order valence-electron chi connectivity index (χ0n) is 13.7. The third-order valence-electron chi connectivity index (χ3n) is 4.52. The molecule has 1 atom stereocenters. The van der Waals surface area contributed by atoms with Crippen LogP contribution in [-0.4, -0.2) is 11.9 Å². The van der Waals surface area contributed by atoms with E-state index < -0.39 is 0 Å².